The Kier molecular flexibility index (Phi) is 3.96. The molecule has 0 saturated carbocycles. The molecule has 0 atom stereocenters. The molecule has 2 heterocycles. The largest absolute Gasteiger partial charge is 0.382 e. The summed E-state index contributed by atoms with van der Waals surface area (Å²) in [5.41, 5.74) is 1.62. The van der Waals surface area contributed by atoms with E-state index in [1.165, 1.54) is 25.9 Å². The number of hydrogen-bond acceptors (Lipinski definition) is 5. The molecule has 1 N–H and O–H groups in total. The van der Waals surface area contributed by atoms with E-state index in [1.54, 1.807) is 30.5 Å². The normalized spacial score (nSPS) is 15.4. The Hall–Kier alpha value is -2.21. The first-order valence-corrected chi connectivity index (χ1v) is 7.24. The van der Waals surface area contributed by atoms with E-state index in [9.17, 15) is 10.1 Å². The van der Waals surface area contributed by atoms with Crippen LogP contribution in [0.3, 0.4) is 0 Å². The molecule has 0 bridgehead atoms. The number of likely N-dealkylation sites (tertiary alicyclic amines) is 1. The fourth-order valence-corrected chi connectivity index (χ4v) is 2.81. The number of anilines is 1. The van der Waals surface area contributed by atoms with Crippen LogP contribution in [-0.2, 0) is 0 Å². The van der Waals surface area contributed by atoms with Crippen LogP contribution in [0, 0.1) is 10.1 Å². The standard InChI is InChI=1S/C15H18N4O2/c20-19(21)14-6-5-13(15-12(14)4-3-7-17-15)16-8-11-18-9-1-2-10-18/h3-7,16H,1-2,8-11H2. The number of non-ortho nitro benzene ring substituents is 1. The highest BCUT2D eigenvalue weighted by Crippen LogP contribution is 2.29. The van der Waals surface area contributed by atoms with Crippen LogP contribution in [0.1, 0.15) is 12.8 Å². The van der Waals surface area contributed by atoms with Gasteiger partial charge in [-0.1, -0.05) is 0 Å². The molecular weight excluding hydrogens is 268 g/mol. The lowest BCUT2D eigenvalue weighted by Crippen LogP contribution is -2.26. The number of hydrogen-bond donors (Lipinski definition) is 1. The monoisotopic (exact) mass is 286 g/mol. The van der Waals surface area contributed by atoms with Crippen LogP contribution in [0.15, 0.2) is 30.5 Å². The molecule has 1 aliphatic heterocycles. The van der Waals surface area contributed by atoms with Crippen molar-refractivity contribution in [1.82, 2.24) is 9.88 Å². The van der Waals surface area contributed by atoms with Crippen LogP contribution in [0.25, 0.3) is 10.9 Å². The molecule has 110 valence electrons. The Bertz CT molecular complexity index is 653. The first-order valence-electron chi connectivity index (χ1n) is 7.24. The van der Waals surface area contributed by atoms with Gasteiger partial charge in [-0.05, 0) is 44.1 Å². The van der Waals surface area contributed by atoms with Crippen molar-refractivity contribution in [1.29, 1.82) is 0 Å². The average molecular weight is 286 g/mol. The average Bonchev–Trinajstić information content (AvgIpc) is 3.00. The molecule has 6 nitrogen and oxygen atoms in total. The predicted octanol–water partition coefficient (Wildman–Crippen LogP) is 2.65. The van der Waals surface area contributed by atoms with Gasteiger partial charge in [-0.15, -0.1) is 0 Å². The van der Waals surface area contributed by atoms with Crippen molar-refractivity contribution in [3.63, 3.8) is 0 Å². The second kappa shape index (κ2) is 6.05. The molecule has 21 heavy (non-hydrogen) atoms. The van der Waals surface area contributed by atoms with Gasteiger partial charge < -0.3 is 10.2 Å². The molecule has 0 amide bonds. The fraction of sp³-hybridized carbons (Fsp3) is 0.400. The fourth-order valence-electron chi connectivity index (χ4n) is 2.81. The van der Waals surface area contributed by atoms with Crippen molar-refractivity contribution in [2.75, 3.05) is 31.5 Å². The number of nitrogens with one attached hydrogen (secondary N) is 1. The van der Waals surface area contributed by atoms with E-state index in [-0.39, 0.29) is 10.6 Å². The summed E-state index contributed by atoms with van der Waals surface area (Å²) in [6.07, 6.45) is 4.22. The number of fused-ring (bicyclic) bond motifs is 1. The summed E-state index contributed by atoms with van der Waals surface area (Å²) in [5, 5.41) is 15.0. The van der Waals surface area contributed by atoms with Gasteiger partial charge in [0.15, 0.2) is 0 Å². The van der Waals surface area contributed by atoms with E-state index < -0.39 is 0 Å². The third-order valence-corrected chi connectivity index (χ3v) is 3.89. The summed E-state index contributed by atoms with van der Waals surface area (Å²) >= 11 is 0. The van der Waals surface area contributed by atoms with Crippen molar-refractivity contribution < 1.29 is 4.92 Å². The molecule has 0 radical (unpaired) electrons. The smallest absolute Gasteiger partial charge is 0.278 e. The number of pyridine rings is 1. The zero-order chi connectivity index (χ0) is 14.7. The summed E-state index contributed by atoms with van der Waals surface area (Å²) in [4.78, 5) is 17.4. The van der Waals surface area contributed by atoms with Crippen LogP contribution in [-0.4, -0.2) is 41.0 Å². The molecule has 0 unspecified atom stereocenters. The molecule has 1 saturated heterocycles. The first kappa shape index (κ1) is 13.8. The number of nitro benzene ring substituents is 1. The van der Waals surface area contributed by atoms with Crippen molar-refractivity contribution >= 4 is 22.3 Å². The van der Waals surface area contributed by atoms with Gasteiger partial charge >= 0.3 is 0 Å². The zero-order valence-electron chi connectivity index (χ0n) is 11.8. The van der Waals surface area contributed by atoms with E-state index in [4.69, 9.17) is 0 Å². The molecule has 0 spiro atoms. The Balaban J connectivity index is 1.79. The molecular formula is C15H18N4O2. The molecule has 0 aliphatic carbocycles. The molecule has 1 aromatic carbocycles. The summed E-state index contributed by atoms with van der Waals surface area (Å²) in [5.74, 6) is 0. The number of nitrogens with zero attached hydrogens (tertiary/aromatic N) is 3. The van der Waals surface area contributed by atoms with E-state index in [0.717, 1.165) is 18.8 Å². The molecule has 2 aromatic rings. The molecule has 1 aromatic heterocycles. The summed E-state index contributed by atoms with van der Waals surface area (Å²) in [6, 6.07) is 6.76. The van der Waals surface area contributed by atoms with Gasteiger partial charge in [-0.3, -0.25) is 15.1 Å². The maximum Gasteiger partial charge on any atom is 0.278 e. The van der Waals surface area contributed by atoms with Gasteiger partial charge in [-0.2, -0.15) is 0 Å². The molecule has 1 fully saturated rings. The van der Waals surface area contributed by atoms with E-state index in [0.29, 0.717) is 10.9 Å². The maximum atomic E-state index is 11.1. The Morgan fingerprint density at radius 2 is 2.10 bits per heavy atom. The zero-order valence-corrected chi connectivity index (χ0v) is 11.8. The van der Waals surface area contributed by atoms with Crippen molar-refractivity contribution in [2.45, 2.75) is 12.8 Å². The number of nitro groups is 1. The van der Waals surface area contributed by atoms with Crippen LogP contribution in [0.4, 0.5) is 11.4 Å². The highest BCUT2D eigenvalue weighted by molar-refractivity contribution is 5.96. The van der Waals surface area contributed by atoms with E-state index in [2.05, 4.69) is 15.2 Å². The van der Waals surface area contributed by atoms with Gasteiger partial charge in [0.2, 0.25) is 0 Å². The van der Waals surface area contributed by atoms with Crippen molar-refractivity contribution in [3.8, 4) is 0 Å². The minimum atomic E-state index is -0.363. The SMILES string of the molecule is O=[N+]([O-])c1ccc(NCCN2CCCC2)c2ncccc12. The highest BCUT2D eigenvalue weighted by Gasteiger charge is 2.15. The van der Waals surface area contributed by atoms with Crippen LogP contribution < -0.4 is 5.32 Å². The van der Waals surface area contributed by atoms with Crippen molar-refractivity contribution in [3.05, 3.63) is 40.6 Å². The van der Waals surface area contributed by atoms with Crippen molar-refractivity contribution in [2.24, 2.45) is 0 Å². The summed E-state index contributed by atoms with van der Waals surface area (Å²) in [7, 11) is 0. The molecule has 3 rings (SSSR count). The van der Waals surface area contributed by atoms with Crippen LogP contribution in [0.5, 0.6) is 0 Å². The minimum Gasteiger partial charge on any atom is -0.382 e. The van der Waals surface area contributed by atoms with Gasteiger partial charge in [0.1, 0.15) is 5.52 Å². The summed E-state index contributed by atoms with van der Waals surface area (Å²) in [6.45, 7) is 4.15. The van der Waals surface area contributed by atoms with Gasteiger partial charge in [-0.25, -0.2) is 0 Å². The Morgan fingerprint density at radius 3 is 2.86 bits per heavy atom. The third-order valence-electron chi connectivity index (χ3n) is 3.89. The predicted molar refractivity (Wildman–Crippen MR) is 82.6 cm³/mol. The first-order chi connectivity index (χ1) is 10.3. The van der Waals surface area contributed by atoms with E-state index >= 15 is 0 Å². The number of rotatable bonds is 5. The highest BCUT2D eigenvalue weighted by atomic mass is 16.6. The summed E-state index contributed by atoms with van der Waals surface area (Å²) < 4.78 is 0. The van der Waals surface area contributed by atoms with Gasteiger partial charge in [0.25, 0.3) is 5.69 Å². The number of benzene rings is 1. The van der Waals surface area contributed by atoms with Crippen LogP contribution >= 0.6 is 0 Å². The topological polar surface area (TPSA) is 71.3 Å². The van der Waals surface area contributed by atoms with Gasteiger partial charge in [0, 0.05) is 25.4 Å². The third kappa shape index (κ3) is 2.95. The Morgan fingerprint density at radius 1 is 1.29 bits per heavy atom. The molecule has 1 aliphatic rings. The lowest BCUT2D eigenvalue weighted by Gasteiger charge is -2.16. The Labute approximate surface area is 122 Å². The quantitative estimate of drug-likeness (QED) is 0.676. The van der Waals surface area contributed by atoms with Gasteiger partial charge in [0.05, 0.1) is 16.0 Å². The second-order valence-electron chi connectivity index (χ2n) is 5.26. The molecule has 6 heteroatoms. The van der Waals surface area contributed by atoms with E-state index in [1.807, 2.05) is 0 Å². The maximum absolute atomic E-state index is 11.1. The van der Waals surface area contributed by atoms with Crippen LogP contribution in [0.2, 0.25) is 0 Å². The lowest BCUT2D eigenvalue weighted by atomic mass is 10.1. The lowest BCUT2D eigenvalue weighted by molar-refractivity contribution is -0.383. The minimum absolute atomic E-state index is 0.100. The second-order valence-corrected chi connectivity index (χ2v) is 5.26. The number of aromatic nitrogens is 1.